The first-order chi connectivity index (χ1) is 11.1. The van der Waals surface area contributed by atoms with Crippen LogP contribution in [0.2, 0.25) is 0 Å². The van der Waals surface area contributed by atoms with E-state index in [1.54, 1.807) is 0 Å². The SMILES string of the molecule is O=C(/C=C(\O)C(=O)O)NCC(c1ccccc1)c1ccccc1. The Balaban J connectivity index is 2.15. The molecular formula is C18H17NO4. The maximum Gasteiger partial charge on any atom is 0.371 e. The number of carbonyl (C=O) groups is 2. The zero-order valence-electron chi connectivity index (χ0n) is 12.3. The number of aliphatic carboxylic acids is 1. The van der Waals surface area contributed by atoms with E-state index >= 15 is 0 Å². The van der Waals surface area contributed by atoms with Crippen LogP contribution in [0.15, 0.2) is 72.5 Å². The highest BCUT2D eigenvalue weighted by atomic mass is 16.4. The molecule has 0 aliphatic rings. The lowest BCUT2D eigenvalue weighted by Crippen LogP contribution is -2.28. The Hall–Kier alpha value is -3.08. The Morgan fingerprint density at radius 3 is 1.83 bits per heavy atom. The first-order valence-corrected chi connectivity index (χ1v) is 7.09. The second-order valence-electron chi connectivity index (χ2n) is 4.95. The number of amides is 1. The quantitative estimate of drug-likeness (QED) is 0.565. The number of carboxylic acid groups (broad SMARTS) is 1. The summed E-state index contributed by atoms with van der Waals surface area (Å²) >= 11 is 0. The molecule has 0 atom stereocenters. The third-order valence-electron chi connectivity index (χ3n) is 3.37. The minimum Gasteiger partial charge on any atom is -0.502 e. The molecule has 0 radical (unpaired) electrons. The van der Waals surface area contributed by atoms with Gasteiger partial charge < -0.3 is 15.5 Å². The van der Waals surface area contributed by atoms with E-state index in [4.69, 9.17) is 10.2 Å². The van der Waals surface area contributed by atoms with Gasteiger partial charge in [0.1, 0.15) is 0 Å². The Kier molecular flexibility index (Phi) is 5.52. The van der Waals surface area contributed by atoms with Crippen LogP contribution in [-0.2, 0) is 9.59 Å². The third-order valence-corrected chi connectivity index (χ3v) is 3.37. The molecular weight excluding hydrogens is 294 g/mol. The van der Waals surface area contributed by atoms with Crippen molar-refractivity contribution in [1.29, 1.82) is 0 Å². The zero-order valence-corrected chi connectivity index (χ0v) is 12.3. The van der Waals surface area contributed by atoms with Crippen LogP contribution in [-0.4, -0.2) is 28.6 Å². The van der Waals surface area contributed by atoms with Gasteiger partial charge in [-0.2, -0.15) is 0 Å². The fourth-order valence-electron chi connectivity index (χ4n) is 2.24. The lowest BCUT2D eigenvalue weighted by atomic mass is 9.91. The summed E-state index contributed by atoms with van der Waals surface area (Å²) in [6, 6.07) is 19.4. The maximum absolute atomic E-state index is 11.7. The second kappa shape index (κ2) is 7.79. The number of aliphatic hydroxyl groups is 1. The van der Waals surface area contributed by atoms with E-state index < -0.39 is 17.6 Å². The van der Waals surface area contributed by atoms with Crippen molar-refractivity contribution in [3.05, 3.63) is 83.6 Å². The van der Waals surface area contributed by atoms with Crippen molar-refractivity contribution in [2.75, 3.05) is 6.54 Å². The van der Waals surface area contributed by atoms with Gasteiger partial charge in [0, 0.05) is 12.5 Å². The van der Waals surface area contributed by atoms with Gasteiger partial charge in [-0.3, -0.25) is 4.79 Å². The summed E-state index contributed by atoms with van der Waals surface area (Å²) in [5.41, 5.74) is 2.07. The number of hydrogen-bond acceptors (Lipinski definition) is 3. The van der Waals surface area contributed by atoms with Crippen molar-refractivity contribution >= 4 is 11.9 Å². The van der Waals surface area contributed by atoms with Crippen LogP contribution in [0.25, 0.3) is 0 Å². The standard InChI is InChI=1S/C18H17NO4/c20-16(18(22)23)11-17(21)19-12-15(13-7-3-1-4-8-13)14-9-5-2-6-10-14/h1-11,15,20H,12H2,(H,19,21)(H,22,23)/b16-11-. The highest BCUT2D eigenvalue weighted by Crippen LogP contribution is 2.23. The summed E-state index contributed by atoms with van der Waals surface area (Å²) in [7, 11) is 0. The van der Waals surface area contributed by atoms with Gasteiger partial charge in [-0.15, -0.1) is 0 Å². The first-order valence-electron chi connectivity index (χ1n) is 7.09. The smallest absolute Gasteiger partial charge is 0.371 e. The molecule has 0 saturated carbocycles. The summed E-state index contributed by atoms with van der Waals surface area (Å²) in [5.74, 6) is -3.25. The van der Waals surface area contributed by atoms with Crippen LogP contribution >= 0.6 is 0 Å². The molecule has 0 unspecified atom stereocenters. The highest BCUT2D eigenvalue weighted by molar-refractivity contribution is 5.96. The molecule has 0 spiro atoms. The Bertz CT molecular complexity index is 656. The predicted octanol–water partition coefficient (Wildman–Crippen LogP) is 2.46. The van der Waals surface area contributed by atoms with Crippen molar-refractivity contribution in [2.45, 2.75) is 5.92 Å². The van der Waals surface area contributed by atoms with Gasteiger partial charge in [0.15, 0.2) is 0 Å². The molecule has 0 bridgehead atoms. The minimum atomic E-state index is -1.54. The molecule has 1 amide bonds. The molecule has 5 nitrogen and oxygen atoms in total. The zero-order chi connectivity index (χ0) is 16.7. The van der Waals surface area contributed by atoms with Gasteiger partial charge in [-0.05, 0) is 11.1 Å². The van der Waals surface area contributed by atoms with Crippen LogP contribution in [0.3, 0.4) is 0 Å². The summed E-state index contributed by atoms with van der Waals surface area (Å²) in [4.78, 5) is 22.2. The van der Waals surface area contributed by atoms with Gasteiger partial charge in [-0.1, -0.05) is 60.7 Å². The Labute approximate surface area is 133 Å². The van der Waals surface area contributed by atoms with Crippen LogP contribution < -0.4 is 5.32 Å². The van der Waals surface area contributed by atoms with E-state index in [1.807, 2.05) is 60.7 Å². The fourth-order valence-corrected chi connectivity index (χ4v) is 2.24. The van der Waals surface area contributed by atoms with E-state index in [0.29, 0.717) is 6.08 Å². The number of hydrogen-bond donors (Lipinski definition) is 3. The summed E-state index contributed by atoms with van der Waals surface area (Å²) in [5, 5.41) is 20.3. The van der Waals surface area contributed by atoms with Crippen molar-refractivity contribution in [3.8, 4) is 0 Å². The summed E-state index contributed by atoms with van der Waals surface area (Å²) in [6.45, 7) is 0.288. The van der Waals surface area contributed by atoms with Crippen molar-refractivity contribution in [1.82, 2.24) is 5.32 Å². The number of carbonyl (C=O) groups excluding carboxylic acids is 1. The molecule has 0 aliphatic carbocycles. The molecule has 118 valence electrons. The average Bonchev–Trinajstić information content (AvgIpc) is 2.57. The van der Waals surface area contributed by atoms with E-state index in [-0.39, 0.29) is 12.5 Å². The van der Waals surface area contributed by atoms with Crippen LogP contribution in [0.5, 0.6) is 0 Å². The molecule has 2 rings (SSSR count). The number of benzene rings is 2. The lowest BCUT2D eigenvalue weighted by Gasteiger charge is -2.18. The van der Waals surface area contributed by atoms with Crippen LogP contribution in [0, 0.1) is 0 Å². The van der Waals surface area contributed by atoms with Crippen molar-refractivity contribution in [2.24, 2.45) is 0 Å². The molecule has 0 heterocycles. The van der Waals surface area contributed by atoms with Gasteiger partial charge in [0.2, 0.25) is 11.7 Å². The monoisotopic (exact) mass is 311 g/mol. The number of aliphatic hydroxyl groups excluding tert-OH is 1. The van der Waals surface area contributed by atoms with Gasteiger partial charge in [0.05, 0.1) is 6.08 Å². The van der Waals surface area contributed by atoms with Crippen LogP contribution in [0.1, 0.15) is 17.0 Å². The molecule has 0 saturated heterocycles. The normalized spacial score (nSPS) is 11.3. The maximum atomic E-state index is 11.7. The molecule has 2 aromatic carbocycles. The van der Waals surface area contributed by atoms with E-state index in [2.05, 4.69) is 5.32 Å². The minimum absolute atomic E-state index is 0.0679. The van der Waals surface area contributed by atoms with Crippen molar-refractivity contribution < 1.29 is 19.8 Å². The predicted molar refractivity (Wildman–Crippen MR) is 86.1 cm³/mol. The topological polar surface area (TPSA) is 86.6 Å². The van der Waals surface area contributed by atoms with E-state index in [0.717, 1.165) is 11.1 Å². The first kappa shape index (κ1) is 16.3. The molecule has 3 N–H and O–H groups in total. The van der Waals surface area contributed by atoms with Gasteiger partial charge in [0.25, 0.3) is 0 Å². The van der Waals surface area contributed by atoms with Gasteiger partial charge in [-0.25, -0.2) is 4.79 Å². The molecule has 2 aromatic rings. The van der Waals surface area contributed by atoms with Crippen molar-refractivity contribution in [3.63, 3.8) is 0 Å². The molecule has 5 heteroatoms. The molecule has 23 heavy (non-hydrogen) atoms. The van der Waals surface area contributed by atoms with E-state index in [1.165, 1.54) is 0 Å². The summed E-state index contributed by atoms with van der Waals surface area (Å²) < 4.78 is 0. The average molecular weight is 311 g/mol. The highest BCUT2D eigenvalue weighted by Gasteiger charge is 2.15. The fraction of sp³-hybridized carbons (Fsp3) is 0.111. The molecule has 0 fully saturated rings. The van der Waals surface area contributed by atoms with E-state index in [9.17, 15) is 9.59 Å². The number of nitrogens with one attached hydrogen (secondary N) is 1. The third kappa shape index (κ3) is 4.71. The van der Waals surface area contributed by atoms with Crippen LogP contribution in [0.4, 0.5) is 0 Å². The number of rotatable bonds is 6. The Morgan fingerprint density at radius 1 is 0.913 bits per heavy atom. The summed E-state index contributed by atoms with van der Waals surface area (Å²) in [6.07, 6.45) is 0.662. The number of carboxylic acids is 1. The van der Waals surface area contributed by atoms with Gasteiger partial charge >= 0.3 is 5.97 Å². The lowest BCUT2D eigenvalue weighted by molar-refractivity contribution is -0.136. The second-order valence-corrected chi connectivity index (χ2v) is 4.95. The molecule has 0 aliphatic heterocycles. The Morgan fingerprint density at radius 2 is 1.39 bits per heavy atom. The molecule has 0 aromatic heterocycles. The largest absolute Gasteiger partial charge is 0.502 e.